The highest BCUT2D eigenvalue weighted by Gasteiger charge is 2.15. The Balaban J connectivity index is 2.17. The topological polar surface area (TPSA) is 87.2 Å². The monoisotopic (exact) mass is 354 g/mol. The largest absolute Gasteiger partial charge is 0.258 e. The Hall–Kier alpha value is -1.87. The number of hydrogen-bond donors (Lipinski definition) is 0. The van der Waals surface area contributed by atoms with Gasteiger partial charge in [-0.2, -0.15) is 29.8 Å². The first-order chi connectivity index (χ1) is 9.56. The van der Waals surface area contributed by atoms with Crippen molar-refractivity contribution in [3.05, 3.63) is 33.8 Å². The van der Waals surface area contributed by atoms with Gasteiger partial charge in [-0.25, -0.2) is 9.67 Å². The average molecular weight is 356 g/mol. The Morgan fingerprint density at radius 3 is 2.50 bits per heavy atom. The van der Waals surface area contributed by atoms with Crippen molar-refractivity contribution in [1.82, 2.24) is 39.5 Å². The Labute approximate surface area is 127 Å². The fraction of sp³-hybridized carbons (Fsp3) is 0.200. The smallest absolute Gasteiger partial charge is 0.223 e. The van der Waals surface area contributed by atoms with Crippen LogP contribution in [0.25, 0.3) is 11.9 Å². The maximum atomic E-state index is 5.94. The molecule has 0 aliphatic heterocycles. The number of aromatic nitrogens is 8. The molecule has 0 saturated heterocycles. The lowest BCUT2D eigenvalue weighted by atomic mass is 10.4. The SMILES string of the molecule is Cc1nn(-c2nc(Cl)nc(-n3cncn3)n2)c(C)c1Br. The van der Waals surface area contributed by atoms with Crippen LogP contribution < -0.4 is 0 Å². The van der Waals surface area contributed by atoms with Crippen molar-refractivity contribution in [2.75, 3.05) is 0 Å². The van der Waals surface area contributed by atoms with Crippen molar-refractivity contribution in [3.8, 4) is 11.9 Å². The van der Waals surface area contributed by atoms with E-state index in [0.29, 0.717) is 5.95 Å². The maximum Gasteiger partial charge on any atom is 0.258 e. The Kier molecular flexibility index (Phi) is 3.22. The molecule has 10 heteroatoms. The lowest BCUT2D eigenvalue weighted by Crippen LogP contribution is -2.11. The summed E-state index contributed by atoms with van der Waals surface area (Å²) < 4.78 is 3.89. The summed E-state index contributed by atoms with van der Waals surface area (Å²) in [7, 11) is 0. The second-order valence-corrected chi connectivity index (χ2v) is 5.07. The molecule has 0 N–H and O–H groups in total. The van der Waals surface area contributed by atoms with E-state index in [2.05, 4.69) is 46.1 Å². The van der Waals surface area contributed by atoms with Crippen LogP contribution in [-0.2, 0) is 0 Å². The van der Waals surface area contributed by atoms with E-state index in [0.717, 1.165) is 15.9 Å². The van der Waals surface area contributed by atoms with Gasteiger partial charge in [0.15, 0.2) is 0 Å². The second-order valence-electron chi connectivity index (χ2n) is 3.94. The summed E-state index contributed by atoms with van der Waals surface area (Å²) in [5.74, 6) is 0.600. The normalized spacial score (nSPS) is 11.0. The van der Waals surface area contributed by atoms with Crippen molar-refractivity contribution < 1.29 is 0 Å². The lowest BCUT2D eigenvalue weighted by Gasteiger charge is -2.05. The third kappa shape index (κ3) is 2.18. The summed E-state index contributed by atoms with van der Waals surface area (Å²) in [6, 6.07) is 0. The summed E-state index contributed by atoms with van der Waals surface area (Å²) in [5.41, 5.74) is 1.70. The standard InChI is InChI=1S/C10H8BrClN8/c1-5-7(11)6(2)20(18-5)10-16-8(12)15-9(17-10)19-4-13-3-14-19/h3-4H,1-2H3. The first-order valence-corrected chi connectivity index (χ1v) is 6.72. The van der Waals surface area contributed by atoms with Gasteiger partial charge in [0.1, 0.15) is 12.7 Å². The van der Waals surface area contributed by atoms with Crippen LogP contribution >= 0.6 is 27.5 Å². The number of halogens is 2. The molecule has 0 aromatic carbocycles. The highest BCUT2D eigenvalue weighted by molar-refractivity contribution is 9.10. The average Bonchev–Trinajstić information content (AvgIpc) is 3.03. The highest BCUT2D eigenvalue weighted by atomic mass is 79.9. The number of hydrogen-bond acceptors (Lipinski definition) is 6. The quantitative estimate of drug-likeness (QED) is 0.695. The fourth-order valence-corrected chi connectivity index (χ4v) is 2.06. The zero-order valence-corrected chi connectivity index (χ0v) is 12.8. The molecule has 3 rings (SSSR count). The van der Waals surface area contributed by atoms with Crippen LogP contribution in [-0.4, -0.2) is 39.5 Å². The summed E-state index contributed by atoms with van der Waals surface area (Å²) in [6.07, 6.45) is 2.86. The third-order valence-corrected chi connectivity index (χ3v) is 3.92. The van der Waals surface area contributed by atoms with Crippen molar-refractivity contribution in [2.24, 2.45) is 0 Å². The Morgan fingerprint density at radius 2 is 1.90 bits per heavy atom. The molecule has 0 atom stereocenters. The minimum atomic E-state index is 0.0594. The van der Waals surface area contributed by atoms with Crippen molar-refractivity contribution >= 4 is 27.5 Å². The van der Waals surface area contributed by atoms with Gasteiger partial charge in [-0.3, -0.25) is 0 Å². The predicted molar refractivity (Wildman–Crippen MR) is 74.1 cm³/mol. The van der Waals surface area contributed by atoms with Gasteiger partial charge in [-0.15, -0.1) is 0 Å². The van der Waals surface area contributed by atoms with Gasteiger partial charge in [0.2, 0.25) is 5.28 Å². The summed E-state index contributed by atoms with van der Waals surface area (Å²) >= 11 is 9.40. The van der Waals surface area contributed by atoms with E-state index in [1.54, 1.807) is 4.68 Å². The third-order valence-electron chi connectivity index (χ3n) is 2.60. The van der Waals surface area contributed by atoms with Crippen LogP contribution in [0.4, 0.5) is 0 Å². The van der Waals surface area contributed by atoms with Gasteiger partial charge in [0, 0.05) is 0 Å². The zero-order chi connectivity index (χ0) is 14.3. The molecule has 0 aliphatic carbocycles. The van der Waals surface area contributed by atoms with Crippen LogP contribution in [0.15, 0.2) is 17.1 Å². The molecule has 20 heavy (non-hydrogen) atoms. The van der Waals surface area contributed by atoms with E-state index >= 15 is 0 Å². The molecule has 3 heterocycles. The van der Waals surface area contributed by atoms with E-state index in [4.69, 9.17) is 11.6 Å². The van der Waals surface area contributed by atoms with Crippen molar-refractivity contribution in [3.63, 3.8) is 0 Å². The second kappa shape index (κ2) is 4.91. The fourth-order valence-electron chi connectivity index (χ4n) is 1.66. The van der Waals surface area contributed by atoms with Gasteiger partial charge < -0.3 is 0 Å². The van der Waals surface area contributed by atoms with E-state index in [9.17, 15) is 0 Å². The van der Waals surface area contributed by atoms with Gasteiger partial charge in [0.25, 0.3) is 11.9 Å². The molecule has 102 valence electrons. The van der Waals surface area contributed by atoms with E-state index in [-0.39, 0.29) is 11.2 Å². The number of rotatable bonds is 2. The zero-order valence-electron chi connectivity index (χ0n) is 10.5. The Bertz CT molecular complexity index is 766. The maximum absolute atomic E-state index is 5.94. The molecule has 0 bridgehead atoms. The molecule has 0 unspecified atom stereocenters. The molecule has 0 amide bonds. The highest BCUT2D eigenvalue weighted by Crippen LogP contribution is 2.22. The number of aryl methyl sites for hydroxylation is 1. The van der Waals surface area contributed by atoms with Crippen LogP contribution in [0, 0.1) is 13.8 Å². The molecule has 0 saturated carbocycles. The van der Waals surface area contributed by atoms with Crippen LogP contribution in [0.2, 0.25) is 5.28 Å². The van der Waals surface area contributed by atoms with Gasteiger partial charge in [-0.1, -0.05) is 0 Å². The molecule has 3 aromatic rings. The molecule has 0 radical (unpaired) electrons. The van der Waals surface area contributed by atoms with E-state index < -0.39 is 0 Å². The molecular weight excluding hydrogens is 348 g/mol. The predicted octanol–water partition coefficient (Wildman–Crippen LogP) is 1.67. The first kappa shape index (κ1) is 13.1. The summed E-state index contributed by atoms with van der Waals surface area (Å²) in [4.78, 5) is 16.2. The van der Waals surface area contributed by atoms with Gasteiger partial charge in [0.05, 0.1) is 15.9 Å². The van der Waals surface area contributed by atoms with Crippen LogP contribution in [0.1, 0.15) is 11.4 Å². The van der Waals surface area contributed by atoms with Gasteiger partial charge in [-0.05, 0) is 41.4 Å². The molecule has 0 spiro atoms. The summed E-state index contributed by atoms with van der Waals surface area (Å²) in [6.45, 7) is 3.78. The minimum absolute atomic E-state index is 0.0594. The Morgan fingerprint density at radius 1 is 1.15 bits per heavy atom. The minimum Gasteiger partial charge on any atom is -0.223 e. The first-order valence-electron chi connectivity index (χ1n) is 5.55. The van der Waals surface area contributed by atoms with Gasteiger partial charge >= 0.3 is 0 Å². The molecular formula is C10H8BrClN8. The van der Waals surface area contributed by atoms with Crippen molar-refractivity contribution in [1.29, 1.82) is 0 Å². The van der Waals surface area contributed by atoms with E-state index in [1.807, 2.05) is 13.8 Å². The number of nitrogens with zero attached hydrogens (tertiary/aromatic N) is 8. The molecule has 3 aromatic heterocycles. The van der Waals surface area contributed by atoms with Crippen LogP contribution in [0.5, 0.6) is 0 Å². The molecule has 0 aliphatic rings. The van der Waals surface area contributed by atoms with Crippen molar-refractivity contribution in [2.45, 2.75) is 13.8 Å². The van der Waals surface area contributed by atoms with E-state index in [1.165, 1.54) is 17.3 Å². The lowest BCUT2D eigenvalue weighted by molar-refractivity contribution is 0.728. The van der Waals surface area contributed by atoms with Crippen LogP contribution in [0.3, 0.4) is 0 Å². The molecule has 8 nitrogen and oxygen atoms in total. The summed E-state index contributed by atoms with van der Waals surface area (Å²) in [5, 5.41) is 8.38. The molecule has 0 fully saturated rings.